The lowest BCUT2D eigenvalue weighted by atomic mass is 10.1. The number of urea groups is 1. The summed E-state index contributed by atoms with van der Waals surface area (Å²) in [5.41, 5.74) is 0.821. The number of fused-ring (bicyclic) bond motifs is 1. The van der Waals surface area contributed by atoms with Gasteiger partial charge in [0.1, 0.15) is 24.4 Å². The van der Waals surface area contributed by atoms with Crippen LogP contribution in [0.5, 0.6) is 0 Å². The number of alkyl halides is 3. The normalized spacial score (nSPS) is 23.1. The van der Waals surface area contributed by atoms with Gasteiger partial charge in [0.15, 0.2) is 12.2 Å². The average molecular weight is 571 g/mol. The third-order valence-electron chi connectivity index (χ3n) is 7.28. The summed E-state index contributed by atoms with van der Waals surface area (Å²) in [7, 11) is 1.47. The minimum atomic E-state index is -4.38. The summed E-state index contributed by atoms with van der Waals surface area (Å²) in [5, 5.41) is 11.7. The molecule has 0 saturated carbocycles. The number of nitriles is 1. The average Bonchev–Trinajstić information content (AvgIpc) is 3.62. The molecular weight excluding hydrogens is 545 g/mol. The summed E-state index contributed by atoms with van der Waals surface area (Å²) < 4.78 is 40.0. The Balaban J connectivity index is 1.28. The molecule has 3 aliphatic heterocycles. The lowest BCUT2D eigenvalue weighted by Crippen LogP contribution is -2.66. The summed E-state index contributed by atoms with van der Waals surface area (Å²) in [5.74, 6) is -0.979. The maximum atomic E-state index is 13.3. The first-order valence-electron chi connectivity index (χ1n) is 12.7. The van der Waals surface area contributed by atoms with Crippen LogP contribution in [0.2, 0.25) is 0 Å². The smallest absolute Gasteiger partial charge is 0.335 e. The Morgan fingerprint density at radius 2 is 1.98 bits per heavy atom. The number of rotatable bonds is 6. The van der Waals surface area contributed by atoms with E-state index < -0.39 is 54.9 Å². The van der Waals surface area contributed by atoms with Crippen LogP contribution in [-0.4, -0.2) is 104 Å². The Labute approximate surface area is 232 Å². The molecule has 0 aromatic carbocycles. The van der Waals surface area contributed by atoms with Gasteiger partial charge in [0.2, 0.25) is 11.9 Å². The molecule has 1 N–H and O–H groups in total. The van der Waals surface area contributed by atoms with Crippen molar-refractivity contribution in [1.82, 2.24) is 29.7 Å². The highest BCUT2D eigenvalue weighted by atomic mass is 19.4. The fourth-order valence-corrected chi connectivity index (χ4v) is 5.11. The van der Waals surface area contributed by atoms with Crippen LogP contribution in [0.25, 0.3) is 11.3 Å². The van der Waals surface area contributed by atoms with Crippen molar-refractivity contribution in [2.45, 2.75) is 50.2 Å². The number of likely N-dealkylation sites (N-methyl/N-ethyl adjacent to an activating group) is 1. The van der Waals surface area contributed by atoms with E-state index in [2.05, 4.69) is 25.3 Å². The second-order valence-electron chi connectivity index (χ2n) is 9.78. The highest BCUT2D eigenvalue weighted by molar-refractivity contribution is 6.03. The zero-order chi connectivity index (χ0) is 29.5. The minimum absolute atomic E-state index is 0.0118. The number of nitrogens with zero attached hydrogens (tertiary/aromatic N) is 9. The number of nitrogens with one attached hydrogen (secondary N) is 1. The fraction of sp³-hybridized carbons (Fsp3) is 0.440. The van der Waals surface area contributed by atoms with Crippen molar-refractivity contribution in [3.05, 3.63) is 30.6 Å². The van der Waals surface area contributed by atoms with Gasteiger partial charge in [0.25, 0.3) is 5.91 Å². The van der Waals surface area contributed by atoms with E-state index in [0.29, 0.717) is 17.7 Å². The van der Waals surface area contributed by atoms with Gasteiger partial charge in [0.05, 0.1) is 18.1 Å². The molecular formula is C25H25F3N10O3. The molecule has 41 heavy (non-hydrogen) atoms. The Hall–Kier alpha value is -4.81. The predicted molar refractivity (Wildman–Crippen MR) is 138 cm³/mol. The highest BCUT2D eigenvalue weighted by Gasteiger charge is 2.51. The van der Waals surface area contributed by atoms with Crippen LogP contribution in [-0.2, 0) is 9.59 Å². The van der Waals surface area contributed by atoms with E-state index in [9.17, 15) is 27.6 Å². The molecule has 0 spiro atoms. The Morgan fingerprint density at radius 3 is 2.66 bits per heavy atom. The first-order valence-corrected chi connectivity index (χ1v) is 12.7. The quantitative estimate of drug-likeness (QED) is 0.513. The number of amides is 4. The monoisotopic (exact) mass is 570 g/mol. The van der Waals surface area contributed by atoms with E-state index in [1.54, 1.807) is 31.2 Å². The molecule has 2 fully saturated rings. The van der Waals surface area contributed by atoms with Crippen LogP contribution < -0.4 is 10.2 Å². The maximum absolute atomic E-state index is 13.3. The number of imide groups is 1. The van der Waals surface area contributed by atoms with Crippen LogP contribution >= 0.6 is 0 Å². The Bertz CT molecular complexity index is 1430. The third-order valence-corrected chi connectivity index (χ3v) is 7.28. The van der Waals surface area contributed by atoms with E-state index in [0.717, 1.165) is 9.80 Å². The van der Waals surface area contributed by atoms with Crippen LogP contribution in [0, 0.1) is 11.3 Å². The van der Waals surface area contributed by atoms with Crippen molar-refractivity contribution in [1.29, 1.82) is 5.26 Å². The zero-order valence-electron chi connectivity index (χ0n) is 22.0. The molecule has 214 valence electrons. The van der Waals surface area contributed by atoms with Crippen LogP contribution in [0.1, 0.15) is 19.8 Å². The van der Waals surface area contributed by atoms with E-state index in [4.69, 9.17) is 5.26 Å². The van der Waals surface area contributed by atoms with Gasteiger partial charge in [-0.05, 0) is 31.9 Å². The molecule has 0 radical (unpaired) electrons. The van der Waals surface area contributed by atoms with Gasteiger partial charge >= 0.3 is 12.2 Å². The summed E-state index contributed by atoms with van der Waals surface area (Å²) in [6.45, 7) is 1.34. The number of halogens is 3. The Morgan fingerprint density at radius 1 is 1.24 bits per heavy atom. The summed E-state index contributed by atoms with van der Waals surface area (Å²) >= 11 is 0. The lowest BCUT2D eigenvalue weighted by Gasteiger charge is -2.41. The number of hydrogen-bond acceptors (Lipinski definition) is 10. The molecule has 4 amide bonds. The molecule has 0 aliphatic carbocycles. The van der Waals surface area contributed by atoms with Crippen molar-refractivity contribution >= 4 is 36.0 Å². The lowest BCUT2D eigenvalue weighted by molar-refractivity contribution is -0.146. The number of hydrogen-bond donors (Lipinski definition) is 1. The number of aliphatic imine (C=N–C) groups is 1. The van der Waals surface area contributed by atoms with Gasteiger partial charge in [-0.2, -0.15) is 18.4 Å². The molecule has 4 atom stereocenters. The van der Waals surface area contributed by atoms with E-state index in [-0.39, 0.29) is 24.7 Å². The van der Waals surface area contributed by atoms with Crippen LogP contribution in [0.15, 0.2) is 35.6 Å². The number of pyridine rings is 1. The maximum Gasteiger partial charge on any atom is 0.408 e. The van der Waals surface area contributed by atoms with Crippen LogP contribution in [0.4, 0.5) is 29.7 Å². The summed E-state index contributed by atoms with van der Waals surface area (Å²) in [4.78, 5) is 60.2. The van der Waals surface area contributed by atoms with Crippen molar-refractivity contribution in [3.63, 3.8) is 0 Å². The van der Waals surface area contributed by atoms with Gasteiger partial charge in [-0.3, -0.25) is 9.59 Å². The van der Waals surface area contributed by atoms with Crippen molar-refractivity contribution in [3.8, 4) is 17.3 Å². The van der Waals surface area contributed by atoms with Gasteiger partial charge in [-0.25, -0.2) is 29.6 Å². The SMILES string of the molecule is C[C@@H](C(=O)Nc1cccc(-c2cnc(N3CCC[C@@H]3C(F)(F)F)nc2)n1)N1C=NC2C1C(=O)N(CC#N)C(=O)N2C. The molecule has 13 nitrogen and oxygen atoms in total. The van der Waals surface area contributed by atoms with E-state index >= 15 is 0 Å². The second kappa shape index (κ2) is 10.6. The molecule has 0 bridgehead atoms. The molecule has 2 unspecified atom stereocenters. The molecule has 3 aliphatic rings. The van der Waals surface area contributed by atoms with Crippen molar-refractivity contribution in [2.75, 3.05) is 30.4 Å². The molecule has 2 aromatic heterocycles. The van der Waals surface area contributed by atoms with E-state index in [1.807, 2.05) is 0 Å². The summed E-state index contributed by atoms with van der Waals surface area (Å²) in [6, 6.07) is 2.47. The topological polar surface area (TPSA) is 151 Å². The number of aromatic nitrogens is 3. The number of carbonyl (C=O) groups excluding carboxylic acids is 3. The highest BCUT2D eigenvalue weighted by Crippen LogP contribution is 2.35. The second-order valence-corrected chi connectivity index (χ2v) is 9.78. The van der Waals surface area contributed by atoms with Crippen LogP contribution in [0.3, 0.4) is 0 Å². The van der Waals surface area contributed by atoms with E-state index in [1.165, 1.54) is 35.6 Å². The van der Waals surface area contributed by atoms with Gasteiger partial charge in [-0.15, -0.1) is 0 Å². The standard InChI is InChI=1S/C25H25F3N10O3/c1-14(38-13-32-20-19(38)22(40)37(10-8-29)24(41)35(20)2)21(39)34-18-7-3-5-16(33-18)15-11-30-23(31-12-15)36-9-4-6-17(36)25(26,27)28/h3,5,7,11-14,17,19-20H,4,6,9-10H2,1-2H3,(H,33,34,39)/t14-,17+,19?,20?/m0/s1. The number of carbonyl (C=O) groups is 3. The largest absolute Gasteiger partial charge is 0.408 e. The molecule has 2 saturated heterocycles. The molecule has 2 aromatic rings. The fourth-order valence-electron chi connectivity index (χ4n) is 5.11. The third kappa shape index (κ3) is 5.10. The predicted octanol–water partition coefficient (Wildman–Crippen LogP) is 1.85. The first-order chi connectivity index (χ1) is 19.5. The molecule has 5 heterocycles. The van der Waals surface area contributed by atoms with Gasteiger partial charge in [-0.1, -0.05) is 6.07 Å². The molecule has 16 heteroatoms. The first kappa shape index (κ1) is 27.7. The van der Waals surface area contributed by atoms with Crippen molar-refractivity contribution < 1.29 is 27.6 Å². The minimum Gasteiger partial charge on any atom is -0.335 e. The Kier molecular flexibility index (Phi) is 7.20. The molecule has 5 rings (SSSR count). The van der Waals surface area contributed by atoms with Gasteiger partial charge < -0.3 is 20.0 Å². The zero-order valence-corrected chi connectivity index (χ0v) is 22.0. The summed E-state index contributed by atoms with van der Waals surface area (Å²) in [6.07, 6.45) is -0.736. The van der Waals surface area contributed by atoms with Gasteiger partial charge in [0, 0.05) is 31.5 Å². The van der Waals surface area contributed by atoms with Crippen molar-refractivity contribution in [2.24, 2.45) is 4.99 Å². The number of anilines is 2.